The number of carbonyl (C=O) groups is 2. The summed E-state index contributed by atoms with van der Waals surface area (Å²) in [4.78, 5) is 17.8. The van der Waals surface area contributed by atoms with E-state index in [4.69, 9.17) is 25.5 Å². The largest absolute Gasteiger partial charge is 2.00 e. The van der Waals surface area contributed by atoms with Crippen LogP contribution < -0.4 is 15.9 Å². The van der Waals surface area contributed by atoms with Gasteiger partial charge in [0.2, 0.25) is 0 Å². The molecule has 0 bridgehead atoms. The molecule has 1 aliphatic rings. The molecular formula is C9H17NO4Pt. The minimum absolute atomic E-state index is 0. The minimum atomic E-state index is -1.08. The number of carboxylic acid groups (broad SMARTS) is 2. The van der Waals surface area contributed by atoms with Crippen molar-refractivity contribution in [2.24, 2.45) is 5.73 Å². The van der Waals surface area contributed by atoms with Gasteiger partial charge in [-0.15, -0.1) is 0 Å². The Morgan fingerprint density at radius 1 is 1.07 bits per heavy atom. The molecule has 0 spiro atoms. The molecule has 0 radical (unpaired) electrons. The fraction of sp³-hybridized carbons (Fsp3) is 0.778. The SMILES string of the molecule is CC(=O)[O-].CC(=O)[O-].NC1CCCC1.[Pt+2]. The molecule has 1 saturated carbocycles. The van der Waals surface area contributed by atoms with Crippen LogP contribution in [0.4, 0.5) is 0 Å². The predicted octanol–water partition coefficient (Wildman–Crippen LogP) is -1.60. The first kappa shape index (κ1) is 20.1. The molecule has 0 aromatic rings. The van der Waals surface area contributed by atoms with Gasteiger partial charge < -0.3 is 25.5 Å². The van der Waals surface area contributed by atoms with E-state index in [1.165, 1.54) is 25.7 Å². The summed E-state index contributed by atoms with van der Waals surface area (Å²) >= 11 is 0. The number of carboxylic acids is 2. The molecule has 0 heterocycles. The molecule has 15 heavy (non-hydrogen) atoms. The van der Waals surface area contributed by atoms with E-state index < -0.39 is 11.9 Å². The summed E-state index contributed by atoms with van der Waals surface area (Å²) in [6.45, 7) is 1.94. The summed E-state index contributed by atoms with van der Waals surface area (Å²) in [5.41, 5.74) is 5.53. The Morgan fingerprint density at radius 3 is 1.33 bits per heavy atom. The van der Waals surface area contributed by atoms with Gasteiger partial charge in [0.1, 0.15) is 0 Å². The van der Waals surface area contributed by atoms with Gasteiger partial charge in [-0.05, 0) is 26.7 Å². The Hall–Kier alpha value is -0.412. The third kappa shape index (κ3) is 42.0. The van der Waals surface area contributed by atoms with Gasteiger partial charge in [0.05, 0.1) is 0 Å². The standard InChI is InChI=1S/C5H11N.2C2H4O2.Pt/c6-5-3-1-2-4-5;2*1-2(3)4;/h5H,1-4,6H2;2*1H3,(H,3,4);/q;;;+2/p-2. The van der Waals surface area contributed by atoms with Gasteiger partial charge in [0.15, 0.2) is 0 Å². The summed E-state index contributed by atoms with van der Waals surface area (Å²) in [6, 6.07) is 0.546. The van der Waals surface area contributed by atoms with E-state index in [0.29, 0.717) is 6.04 Å². The predicted molar refractivity (Wildman–Crippen MR) is 47.8 cm³/mol. The van der Waals surface area contributed by atoms with Crippen LogP contribution >= 0.6 is 0 Å². The molecule has 0 aliphatic heterocycles. The zero-order chi connectivity index (χ0) is 11.6. The third-order valence-electron chi connectivity index (χ3n) is 1.40. The van der Waals surface area contributed by atoms with Crippen LogP contribution in [0.3, 0.4) is 0 Å². The van der Waals surface area contributed by atoms with Crippen molar-refractivity contribution in [3.8, 4) is 0 Å². The fourth-order valence-electron chi connectivity index (χ4n) is 0.957. The number of carbonyl (C=O) groups excluding carboxylic acids is 2. The molecule has 1 aliphatic carbocycles. The zero-order valence-corrected chi connectivity index (χ0v) is 11.2. The molecule has 5 nitrogen and oxygen atoms in total. The van der Waals surface area contributed by atoms with Gasteiger partial charge in [0.25, 0.3) is 0 Å². The van der Waals surface area contributed by atoms with E-state index in [9.17, 15) is 0 Å². The molecule has 0 aromatic heterocycles. The maximum Gasteiger partial charge on any atom is 2.00 e. The molecule has 6 heteroatoms. The van der Waals surface area contributed by atoms with Gasteiger partial charge in [-0.3, -0.25) is 0 Å². The fourth-order valence-corrected chi connectivity index (χ4v) is 0.957. The van der Waals surface area contributed by atoms with Gasteiger partial charge in [-0.2, -0.15) is 0 Å². The molecule has 0 aromatic carbocycles. The van der Waals surface area contributed by atoms with Crippen LogP contribution in [0.5, 0.6) is 0 Å². The molecule has 0 saturated heterocycles. The number of nitrogens with two attached hydrogens (primary N) is 1. The van der Waals surface area contributed by atoms with Crippen molar-refractivity contribution >= 4 is 11.9 Å². The summed E-state index contributed by atoms with van der Waals surface area (Å²) in [5.74, 6) is -2.17. The Balaban J connectivity index is -0.000000145. The Bertz CT molecular complexity index is 149. The van der Waals surface area contributed by atoms with Crippen LogP contribution in [-0.4, -0.2) is 18.0 Å². The van der Waals surface area contributed by atoms with Crippen molar-refractivity contribution in [2.75, 3.05) is 0 Å². The van der Waals surface area contributed by atoms with E-state index in [-0.39, 0.29) is 21.1 Å². The van der Waals surface area contributed by atoms with Crippen LogP contribution in [0, 0.1) is 0 Å². The average Bonchev–Trinajstić information content (AvgIpc) is 2.36. The minimum Gasteiger partial charge on any atom is -0.550 e. The van der Waals surface area contributed by atoms with Crippen LogP contribution in [0.1, 0.15) is 39.5 Å². The molecule has 1 fully saturated rings. The smallest absolute Gasteiger partial charge is 0.550 e. The Morgan fingerprint density at radius 2 is 1.27 bits per heavy atom. The molecule has 0 amide bonds. The maximum absolute atomic E-state index is 8.89. The first-order valence-corrected chi connectivity index (χ1v) is 4.47. The zero-order valence-electron chi connectivity index (χ0n) is 8.93. The van der Waals surface area contributed by atoms with Crippen LogP contribution in [0.2, 0.25) is 0 Å². The maximum atomic E-state index is 8.89. The number of aliphatic carboxylic acids is 2. The van der Waals surface area contributed by atoms with Crippen molar-refractivity contribution in [1.82, 2.24) is 0 Å². The average molecular weight is 398 g/mol. The number of rotatable bonds is 0. The van der Waals surface area contributed by atoms with Gasteiger partial charge in [-0.1, -0.05) is 12.8 Å². The summed E-state index contributed by atoms with van der Waals surface area (Å²) in [7, 11) is 0. The Labute approximate surface area is 104 Å². The van der Waals surface area contributed by atoms with Crippen molar-refractivity contribution < 1.29 is 40.9 Å². The topological polar surface area (TPSA) is 106 Å². The van der Waals surface area contributed by atoms with E-state index in [1.807, 2.05) is 0 Å². The van der Waals surface area contributed by atoms with Crippen molar-refractivity contribution in [3.63, 3.8) is 0 Å². The van der Waals surface area contributed by atoms with Crippen LogP contribution in [-0.2, 0) is 30.7 Å². The van der Waals surface area contributed by atoms with E-state index in [0.717, 1.165) is 13.8 Å². The van der Waals surface area contributed by atoms with Crippen LogP contribution in [0.25, 0.3) is 0 Å². The third-order valence-corrected chi connectivity index (χ3v) is 1.40. The molecular weight excluding hydrogens is 381 g/mol. The number of hydrogen-bond donors (Lipinski definition) is 1. The van der Waals surface area contributed by atoms with Crippen molar-refractivity contribution in [2.45, 2.75) is 45.6 Å². The molecule has 92 valence electrons. The molecule has 0 atom stereocenters. The summed E-state index contributed by atoms with van der Waals surface area (Å²) in [6.07, 6.45) is 5.25. The normalized spacial score (nSPS) is 13.5. The van der Waals surface area contributed by atoms with E-state index in [2.05, 4.69) is 0 Å². The number of hydrogen-bond acceptors (Lipinski definition) is 5. The summed E-state index contributed by atoms with van der Waals surface area (Å²) < 4.78 is 0. The van der Waals surface area contributed by atoms with Crippen molar-refractivity contribution in [1.29, 1.82) is 0 Å². The quantitative estimate of drug-likeness (QED) is 0.529. The van der Waals surface area contributed by atoms with E-state index in [1.54, 1.807) is 0 Å². The summed E-state index contributed by atoms with van der Waals surface area (Å²) in [5, 5.41) is 17.8. The second-order valence-corrected chi connectivity index (χ2v) is 3.03. The molecule has 1 rings (SSSR count). The molecule has 2 N–H and O–H groups in total. The second-order valence-electron chi connectivity index (χ2n) is 3.03. The van der Waals surface area contributed by atoms with Crippen LogP contribution in [0.15, 0.2) is 0 Å². The van der Waals surface area contributed by atoms with E-state index >= 15 is 0 Å². The van der Waals surface area contributed by atoms with Gasteiger partial charge in [-0.25, -0.2) is 0 Å². The van der Waals surface area contributed by atoms with Crippen molar-refractivity contribution in [3.05, 3.63) is 0 Å². The van der Waals surface area contributed by atoms with Gasteiger partial charge >= 0.3 is 21.1 Å². The first-order chi connectivity index (χ1) is 6.36. The second kappa shape index (κ2) is 13.6. The monoisotopic (exact) mass is 398 g/mol. The first-order valence-electron chi connectivity index (χ1n) is 4.47. The Kier molecular flexibility index (Phi) is 18.2. The van der Waals surface area contributed by atoms with Gasteiger partial charge in [0, 0.05) is 18.0 Å². The molecule has 0 unspecified atom stereocenters.